The molecule has 4 nitrogen and oxygen atoms in total. The maximum absolute atomic E-state index is 10.0. The van der Waals surface area contributed by atoms with E-state index in [-0.39, 0.29) is 5.88 Å². The molecule has 1 aromatic heterocycles. The summed E-state index contributed by atoms with van der Waals surface area (Å²) in [6, 6.07) is 9.36. The summed E-state index contributed by atoms with van der Waals surface area (Å²) in [4.78, 5) is 14.0. The zero-order valence-corrected chi connectivity index (χ0v) is 7.21. The van der Waals surface area contributed by atoms with Gasteiger partial charge < -0.3 is 9.15 Å². The zero-order chi connectivity index (χ0) is 9.80. The minimum Gasteiger partial charge on any atom is -0.440 e. The zero-order valence-electron chi connectivity index (χ0n) is 7.21. The summed E-state index contributed by atoms with van der Waals surface area (Å²) in [7, 11) is 0. The Morgan fingerprint density at radius 1 is 1.29 bits per heavy atom. The lowest BCUT2D eigenvalue weighted by Crippen LogP contribution is -1.87. The van der Waals surface area contributed by atoms with Crippen molar-refractivity contribution in [2.24, 2.45) is 0 Å². The number of ether oxygens (including phenoxy) is 1. The van der Waals surface area contributed by atoms with Crippen molar-refractivity contribution in [2.75, 3.05) is 0 Å². The third-order valence-electron chi connectivity index (χ3n) is 1.67. The molecule has 4 heteroatoms. The lowest BCUT2D eigenvalue weighted by molar-refractivity contribution is -0.120. The van der Waals surface area contributed by atoms with E-state index in [4.69, 9.17) is 4.42 Å². The van der Waals surface area contributed by atoms with E-state index in [9.17, 15) is 4.79 Å². The molecule has 0 aliphatic heterocycles. The number of carbonyl (C=O) groups excluding carboxylic acids is 1. The second-order valence-electron chi connectivity index (χ2n) is 2.57. The Hall–Kier alpha value is -2.10. The molecule has 0 bridgehead atoms. The van der Waals surface area contributed by atoms with Crippen LogP contribution in [0, 0.1) is 0 Å². The van der Waals surface area contributed by atoms with E-state index in [2.05, 4.69) is 9.72 Å². The third-order valence-corrected chi connectivity index (χ3v) is 1.67. The number of hydrogen-bond donors (Lipinski definition) is 0. The maximum atomic E-state index is 10.0. The number of aromatic nitrogens is 1. The Morgan fingerprint density at radius 3 is 2.79 bits per heavy atom. The predicted octanol–water partition coefficient (Wildman–Crippen LogP) is 1.88. The normalized spacial score (nSPS) is 9.71. The van der Waals surface area contributed by atoms with Gasteiger partial charge in [-0.1, -0.05) is 18.2 Å². The minimum atomic E-state index is 0.166. The molecule has 70 valence electrons. The smallest absolute Gasteiger partial charge is 0.299 e. The van der Waals surface area contributed by atoms with Gasteiger partial charge in [0, 0.05) is 5.56 Å². The summed E-state index contributed by atoms with van der Waals surface area (Å²) < 4.78 is 9.63. The van der Waals surface area contributed by atoms with Gasteiger partial charge in [-0.3, -0.25) is 4.79 Å². The lowest BCUT2D eigenvalue weighted by Gasteiger charge is -1.91. The molecular weight excluding hydrogens is 182 g/mol. The average Bonchev–Trinajstić information content (AvgIpc) is 2.68. The van der Waals surface area contributed by atoms with E-state index in [0.717, 1.165) is 5.56 Å². The average molecular weight is 189 g/mol. The molecule has 0 radical (unpaired) electrons. The van der Waals surface area contributed by atoms with Crippen molar-refractivity contribution in [1.29, 1.82) is 0 Å². The van der Waals surface area contributed by atoms with Crippen LogP contribution < -0.4 is 4.74 Å². The molecule has 2 rings (SSSR count). The molecule has 0 unspecified atom stereocenters. The van der Waals surface area contributed by atoms with Crippen molar-refractivity contribution >= 4 is 6.47 Å². The van der Waals surface area contributed by atoms with Crippen LogP contribution in [0.15, 0.2) is 41.0 Å². The highest BCUT2D eigenvalue weighted by atomic mass is 16.5. The Labute approximate surface area is 80.1 Å². The summed E-state index contributed by atoms with van der Waals surface area (Å²) in [5.41, 5.74) is 0.841. The quantitative estimate of drug-likeness (QED) is 0.691. The van der Waals surface area contributed by atoms with Gasteiger partial charge in [-0.2, -0.15) is 4.98 Å². The number of benzene rings is 1. The fourth-order valence-electron chi connectivity index (χ4n) is 1.08. The monoisotopic (exact) mass is 189 g/mol. The van der Waals surface area contributed by atoms with Gasteiger partial charge in [-0.05, 0) is 12.1 Å². The molecule has 0 fully saturated rings. The fourth-order valence-corrected chi connectivity index (χ4v) is 1.08. The van der Waals surface area contributed by atoms with Gasteiger partial charge in [0.25, 0.3) is 12.4 Å². The Balaban J connectivity index is 2.29. The van der Waals surface area contributed by atoms with Crippen LogP contribution in [0.25, 0.3) is 11.5 Å². The van der Waals surface area contributed by atoms with Crippen LogP contribution >= 0.6 is 0 Å². The summed E-state index contributed by atoms with van der Waals surface area (Å²) in [5, 5.41) is 0. The van der Waals surface area contributed by atoms with E-state index in [1.807, 2.05) is 30.3 Å². The molecule has 14 heavy (non-hydrogen) atoms. The number of oxazole rings is 1. The van der Waals surface area contributed by atoms with Crippen LogP contribution in [-0.4, -0.2) is 11.5 Å². The first-order chi connectivity index (χ1) is 6.90. The summed E-state index contributed by atoms with van der Waals surface area (Å²) >= 11 is 0. The van der Waals surface area contributed by atoms with Crippen molar-refractivity contribution in [3.8, 4) is 17.3 Å². The van der Waals surface area contributed by atoms with Gasteiger partial charge in [0.2, 0.25) is 5.89 Å². The molecule has 0 saturated heterocycles. The maximum Gasteiger partial charge on any atom is 0.299 e. The molecule has 2 aromatic rings. The van der Waals surface area contributed by atoms with Crippen LogP contribution in [0.3, 0.4) is 0 Å². The van der Waals surface area contributed by atoms with Gasteiger partial charge in [0.05, 0.1) is 0 Å². The topological polar surface area (TPSA) is 52.3 Å². The number of hydrogen-bond acceptors (Lipinski definition) is 4. The number of rotatable bonds is 3. The highest BCUT2D eigenvalue weighted by Crippen LogP contribution is 2.20. The molecule has 0 amide bonds. The standard InChI is InChI=1S/C10H7NO3/c12-7-14-9-6-13-10(11-9)8-4-2-1-3-5-8/h1-7H. The van der Waals surface area contributed by atoms with Gasteiger partial charge in [0.1, 0.15) is 0 Å². The molecule has 0 aliphatic carbocycles. The molecule has 0 spiro atoms. The van der Waals surface area contributed by atoms with E-state index in [1.54, 1.807) is 0 Å². The lowest BCUT2D eigenvalue weighted by atomic mass is 10.2. The molecule has 0 atom stereocenters. The summed E-state index contributed by atoms with van der Waals surface area (Å²) in [6.45, 7) is 0.312. The van der Waals surface area contributed by atoms with Gasteiger partial charge in [-0.25, -0.2) is 0 Å². The van der Waals surface area contributed by atoms with Gasteiger partial charge in [0.15, 0.2) is 6.26 Å². The molecule has 0 N–H and O–H groups in total. The summed E-state index contributed by atoms with van der Waals surface area (Å²) in [6.07, 6.45) is 1.29. The number of nitrogens with zero attached hydrogens (tertiary/aromatic N) is 1. The van der Waals surface area contributed by atoms with Crippen molar-refractivity contribution in [3.63, 3.8) is 0 Å². The first-order valence-corrected chi connectivity index (χ1v) is 4.01. The fraction of sp³-hybridized carbons (Fsp3) is 0. The highest BCUT2D eigenvalue weighted by Gasteiger charge is 2.05. The molecule has 0 aliphatic rings. The van der Waals surface area contributed by atoms with Crippen molar-refractivity contribution in [1.82, 2.24) is 4.98 Å². The second-order valence-corrected chi connectivity index (χ2v) is 2.57. The van der Waals surface area contributed by atoms with Crippen molar-refractivity contribution in [2.45, 2.75) is 0 Å². The highest BCUT2D eigenvalue weighted by molar-refractivity contribution is 5.53. The third kappa shape index (κ3) is 1.64. The van der Waals surface area contributed by atoms with Crippen LogP contribution in [0.4, 0.5) is 0 Å². The van der Waals surface area contributed by atoms with E-state index < -0.39 is 0 Å². The van der Waals surface area contributed by atoms with Crippen LogP contribution in [0.1, 0.15) is 0 Å². The van der Waals surface area contributed by atoms with E-state index in [1.165, 1.54) is 6.26 Å². The SMILES string of the molecule is O=COc1coc(-c2ccccc2)n1. The van der Waals surface area contributed by atoms with Gasteiger partial charge in [-0.15, -0.1) is 0 Å². The van der Waals surface area contributed by atoms with Gasteiger partial charge >= 0.3 is 0 Å². The van der Waals surface area contributed by atoms with Crippen LogP contribution in [0.5, 0.6) is 5.88 Å². The van der Waals surface area contributed by atoms with Crippen LogP contribution in [0.2, 0.25) is 0 Å². The largest absolute Gasteiger partial charge is 0.440 e. The summed E-state index contributed by atoms with van der Waals surface area (Å²) in [5.74, 6) is 0.598. The Morgan fingerprint density at radius 2 is 2.07 bits per heavy atom. The van der Waals surface area contributed by atoms with Crippen LogP contribution in [-0.2, 0) is 4.79 Å². The Kier molecular flexibility index (Phi) is 2.27. The molecular formula is C10H7NO3. The minimum absolute atomic E-state index is 0.166. The second kappa shape index (κ2) is 3.74. The first kappa shape index (κ1) is 8.50. The first-order valence-electron chi connectivity index (χ1n) is 4.01. The van der Waals surface area contributed by atoms with Crippen molar-refractivity contribution < 1.29 is 13.9 Å². The van der Waals surface area contributed by atoms with E-state index in [0.29, 0.717) is 12.4 Å². The predicted molar refractivity (Wildman–Crippen MR) is 48.6 cm³/mol. The molecule has 0 saturated carbocycles. The Bertz CT molecular complexity index is 422. The van der Waals surface area contributed by atoms with E-state index >= 15 is 0 Å². The molecule has 1 heterocycles. The van der Waals surface area contributed by atoms with Crippen molar-refractivity contribution in [3.05, 3.63) is 36.6 Å². The molecule has 1 aromatic carbocycles. The number of carbonyl (C=O) groups is 1.